The highest BCUT2D eigenvalue weighted by atomic mass is 16.4. The Morgan fingerprint density at radius 1 is 1.35 bits per heavy atom. The molecule has 0 aliphatic rings. The summed E-state index contributed by atoms with van der Waals surface area (Å²) in [5, 5.41) is 14.0. The lowest BCUT2D eigenvalue weighted by atomic mass is 10.1. The number of hydrogen-bond acceptors (Lipinski definition) is 3. The van der Waals surface area contributed by atoms with E-state index in [1.165, 1.54) is 0 Å². The Balaban J connectivity index is 2.76. The van der Waals surface area contributed by atoms with Gasteiger partial charge in [0.15, 0.2) is 0 Å². The minimum atomic E-state index is -1.04. The summed E-state index contributed by atoms with van der Waals surface area (Å²) < 4.78 is 0. The standard InChI is InChI=1S/C14H21N3O3/c1-5-11(13(18)19)16-14(20)15-10-7-6-9(2)12(8-10)17(3)4/h6-8,11H,5H2,1-4H3,(H,18,19)(H2,15,16,20). The fraction of sp³-hybridized carbons (Fsp3) is 0.429. The Kier molecular flexibility index (Phi) is 5.37. The largest absolute Gasteiger partial charge is 0.480 e. The van der Waals surface area contributed by atoms with E-state index in [4.69, 9.17) is 5.11 Å². The van der Waals surface area contributed by atoms with Crippen molar-refractivity contribution in [2.24, 2.45) is 0 Å². The quantitative estimate of drug-likeness (QED) is 0.770. The molecule has 0 aromatic heterocycles. The molecule has 1 aromatic rings. The Morgan fingerprint density at radius 3 is 2.50 bits per heavy atom. The summed E-state index contributed by atoms with van der Waals surface area (Å²) in [6.45, 7) is 3.69. The fourth-order valence-corrected chi connectivity index (χ4v) is 1.83. The number of carboxylic acid groups (broad SMARTS) is 1. The number of carbonyl (C=O) groups excluding carboxylic acids is 1. The van der Waals surface area contributed by atoms with Crippen LogP contribution in [0.4, 0.5) is 16.2 Å². The average Bonchev–Trinajstić information content (AvgIpc) is 2.37. The predicted octanol–water partition coefficient (Wildman–Crippen LogP) is 2.05. The van der Waals surface area contributed by atoms with E-state index in [1.54, 1.807) is 13.0 Å². The SMILES string of the molecule is CCC(NC(=O)Nc1ccc(C)c(N(C)C)c1)C(=O)O. The van der Waals surface area contributed by atoms with Crippen molar-refractivity contribution in [2.75, 3.05) is 24.3 Å². The summed E-state index contributed by atoms with van der Waals surface area (Å²) >= 11 is 0. The van der Waals surface area contributed by atoms with Gasteiger partial charge < -0.3 is 20.6 Å². The van der Waals surface area contributed by atoms with Gasteiger partial charge in [0.1, 0.15) is 6.04 Å². The van der Waals surface area contributed by atoms with Gasteiger partial charge in [-0.2, -0.15) is 0 Å². The second-order valence-electron chi connectivity index (χ2n) is 4.79. The number of carbonyl (C=O) groups is 2. The van der Waals surface area contributed by atoms with Crippen LogP contribution in [0.15, 0.2) is 18.2 Å². The molecule has 6 nitrogen and oxygen atoms in total. The Hall–Kier alpha value is -2.24. The summed E-state index contributed by atoms with van der Waals surface area (Å²) in [7, 11) is 3.84. The van der Waals surface area contributed by atoms with Gasteiger partial charge in [0.05, 0.1) is 0 Å². The smallest absolute Gasteiger partial charge is 0.326 e. The number of anilines is 2. The van der Waals surface area contributed by atoms with Crippen molar-refractivity contribution >= 4 is 23.4 Å². The number of aliphatic carboxylic acids is 1. The Bertz CT molecular complexity index is 500. The monoisotopic (exact) mass is 279 g/mol. The molecule has 0 saturated heterocycles. The lowest BCUT2D eigenvalue weighted by Crippen LogP contribution is -2.42. The summed E-state index contributed by atoms with van der Waals surface area (Å²) in [6.07, 6.45) is 0.333. The van der Waals surface area contributed by atoms with E-state index >= 15 is 0 Å². The molecule has 6 heteroatoms. The van der Waals surface area contributed by atoms with E-state index in [9.17, 15) is 9.59 Å². The van der Waals surface area contributed by atoms with Crippen molar-refractivity contribution in [1.82, 2.24) is 5.32 Å². The average molecular weight is 279 g/mol. The summed E-state index contributed by atoms with van der Waals surface area (Å²) in [4.78, 5) is 24.6. The van der Waals surface area contributed by atoms with E-state index in [0.29, 0.717) is 12.1 Å². The van der Waals surface area contributed by atoms with Gasteiger partial charge in [0, 0.05) is 25.5 Å². The molecule has 1 unspecified atom stereocenters. The van der Waals surface area contributed by atoms with Gasteiger partial charge in [-0.25, -0.2) is 9.59 Å². The van der Waals surface area contributed by atoms with Crippen molar-refractivity contribution in [3.63, 3.8) is 0 Å². The van der Waals surface area contributed by atoms with Crippen LogP contribution in [-0.2, 0) is 4.79 Å². The Morgan fingerprint density at radius 2 is 2.00 bits per heavy atom. The van der Waals surface area contributed by atoms with Crippen LogP contribution >= 0.6 is 0 Å². The fourth-order valence-electron chi connectivity index (χ4n) is 1.83. The maximum Gasteiger partial charge on any atom is 0.326 e. The first kappa shape index (κ1) is 15.8. The molecule has 0 bridgehead atoms. The number of nitrogens with zero attached hydrogens (tertiary/aromatic N) is 1. The van der Waals surface area contributed by atoms with E-state index < -0.39 is 18.0 Å². The molecule has 3 N–H and O–H groups in total. The van der Waals surface area contributed by atoms with Crippen LogP contribution in [0, 0.1) is 6.92 Å². The highest BCUT2D eigenvalue weighted by Crippen LogP contribution is 2.22. The molecule has 0 heterocycles. The first-order valence-electron chi connectivity index (χ1n) is 6.43. The molecular weight excluding hydrogens is 258 g/mol. The zero-order valence-corrected chi connectivity index (χ0v) is 12.2. The lowest BCUT2D eigenvalue weighted by Gasteiger charge is -2.18. The third-order valence-corrected chi connectivity index (χ3v) is 2.96. The van der Waals surface area contributed by atoms with Gasteiger partial charge in [-0.05, 0) is 31.0 Å². The van der Waals surface area contributed by atoms with Gasteiger partial charge in [-0.15, -0.1) is 0 Å². The van der Waals surface area contributed by atoms with Gasteiger partial charge >= 0.3 is 12.0 Å². The zero-order valence-electron chi connectivity index (χ0n) is 12.2. The van der Waals surface area contributed by atoms with E-state index in [1.807, 2.05) is 38.1 Å². The highest BCUT2D eigenvalue weighted by molar-refractivity contribution is 5.92. The van der Waals surface area contributed by atoms with Crippen LogP contribution in [0.3, 0.4) is 0 Å². The molecule has 1 atom stereocenters. The predicted molar refractivity (Wildman–Crippen MR) is 79.4 cm³/mol. The molecule has 1 rings (SSSR count). The lowest BCUT2D eigenvalue weighted by molar-refractivity contribution is -0.139. The minimum Gasteiger partial charge on any atom is -0.480 e. The van der Waals surface area contributed by atoms with Crippen LogP contribution < -0.4 is 15.5 Å². The number of carboxylic acids is 1. The van der Waals surface area contributed by atoms with Crippen molar-refractivity contribution < 1.29 is 14.7 Å². The van der Waals surface area contributed by atoms with Crippen molar-refractivity contribution in [1.29, 1.82) is 0 Å². The van der Waals surface area contributed by atoms with Crippen LogP contribution in [0.2, 0.25) is 0 Å². The van der Waals surface area contributed by atoms with Crippen LogP contribution in [-0.4, -0.2) is 37.2 Å². The molecular formula is C14H21N3O3. The first-order chi connectivity index (χ1) is 9.35. The molecule has 0 saturated carbocycles. The first-order valence-corrected chi connectivity index (χ1v) is 6.43. The zero-order chi connectivity index (χ0) is 15.3. The van der Waals surface area contributed by atoms with Crippen LogP contribution in [0.5, 0.6) is 0 Å². The molecule has 110 valence electrons. The summed E-state index contributed by atoms with van der Waals surface area (Å²) in [6, 6.07) is 4.13. The molecule has 0 aliphatic heterocycles. The number of rotatable bonds is 5. The molecule has 1 aromatic carbocycles. The number of urea groups is 1. The number of amides is 2. The molecule has 0 spiro atoms. The molecule has 2 amide bonds. The topological polar surface area (TPSA) is 81.7 Å². The van der Waals surface area contributed by atoms with E-state index in [-0.39, 0.29) is 0 Å². The van der Waals surface area contributed by atoms with Gasteiger partial charge in [0.25, 0.3) is 0 Å². The number of aryl methyl sites for hydroxylation is 1. The molecule has 0 aliphatic carbocycles. The van der Waals surface area contributed by atoms with Gasteiger partial charge in [-0.3, -0.25) is 0 Å². The van der Waals surface area contributed by atoms with E-state index in [0.717, 1.165) is 11.3 Å². The van der Waals surface area contributed by atoms with Crippen molar-refractivity contribution in [3.8, 4) is 0 Å². The second-order valence-corrected chi connectivity index (χ2v) is 4.79. The molecule has 0 fully saturated rings. The van der Waals surface area contributed by atoms with Gasteiger partial charge in [0.2, 0.25) is 0 Å². The van der Waals surface area contributed by atoms with Crippen LogP contribution in [0.25, 0.3) is 0 Å². The summed E-state index contributed by atoms with van der Waals surface area (Å²) in [5.41, 5.74) is 2.71. The van der Waals surface area contributed by atoms with Crippen molar-refractivity contribution in [2.45, 2.75) is 26.3 Å². The maximum absolute atomic E-state index is 11.8. The second kappa shape index (κ2) is 6.79. The van der Waals surface area contributed by atoms with E-state index in [2.05, 4.69) is 10.6 Å². The van der Waals surface area contributed by atoms with Gasteiger partial charge in [-0.1, -0.05) is 13.0 Å². The number of benzene rings is 1. The normalized spacial score (nSPS) is 11.6. The third-order valence-electron chi connectivity index (χ3n) is 2.96. The number of hydrogen-bond donors (Lipinski definition) is 3. The molecule has 0 radical (unpaired) electrons. The number of nitrogens with one attached hydrogen (secondary N) is 2. The maximum atomic E-state index is 11.8. The minimum absolute atomic E-state index is 0.333. The summed E-state index contributed by atoms with van der Waals surface area (Å²) in [5.74, 6) is -1.04. The van der Waals surface area contributed by atoms with Crippen molar-refractivity contribution in [3.05, 3.63) is 23.8 Å². The highest BCUT2D eigenvalue weighted by Gasteiger charge is 2.17. The van der Waals surface area contributed by atoms with Crippen LogP contribution in [0.1, 0.15) is 18.9 Å². The third kappa shape index (κ3) is 4.15. The molecule has 20 heavy (non-hydrogen) atoms. The Labute approximate surface area is 118 Å².